The van der Waals surface area contributed by atoms with Crippen LogP contribution in [0.4, 0.5) is 0 Å². The van der Waals surface area contributed by atoms with E-state index in [0.29, 0.717) is 12.5 Å². The van der Waals surface area contributed by atoms with Crippen molar-refractivity contribution in [1.82, 2.24) is 9.80 Å². The summed E-state index contributed by atoms with van der Waals surface area (Å²) in [5.74, 6) is -0.126. The molecule has 0 amide bonds. The third kappa shape index (κ3) is 4.90. The Balaban J connectivity index is 1.80. The van der Waals surface area contributed by atoms with Crippen molar-refractivity contribution in [3.63, 3.8) is 0 Å². The third-order valence-corrected chi connectivity index (χ3v) is 5.42. The lowest BCUT2D eigenvalue weighted by Gasteiger charge is -2.34. The highest BCUT2D eigenvalue weighted by Gasteiger charge is 2.27. The predicted molar refractivity (Wildman–Crippen MR) is 94.0 cm³/mol. The highest BCUT2D eigenvalue weighted by Crippen LogP contribution is 2.31. The average molecular weight is 335 g/mol. The van der Waals surface area contributed by atoms with Gasteiger partial charge in [0.15, 0.2) is 0 Å². The first kappa shape index (κ1) is 18.6. The van der Waals surface area contributed by atoms with Gasteiger partial charge in [-0.2, -0.15) is 0 Å². The molecule has 0 bridgehead atoms. The molecule has 24 heavy (non-hydrogen) atoms. The summed E-state index contributed by atoms with van der Waals surface area (Å²) in [6.07, 6.45) is 6.62. The van der Waals surface area contributed by atoms with Crippen LogP contribution in [0.15, 0.2) is 16.4 Å². The van der Waals surface area contributed by atoms with E-state index in [1.807, 2.05) is 11.9 Å². The van der Waals surface area contributed by atoms with Crippen LogP contribution in [0.2, 0.25) is 0 Å². The Morgan fingerprint density at radius 2 is 2.12 bits per heavy atom. The summed E-state index contributed by atoms with van der Waals surface area (Å²) < 4.78 is 0. The maximum absolute atomic E-state index is 11.0. The monoisotopic (exact) mass is 335 g/mol. The Labute approximate surface area is 144 Å². The summed E-state index contributed by atoms with van der Waals surface area (Å²) in [6.45, 7) is 6.85. The van der Waals surface area contributed by atoms with Crippen LogP contribution in [-0.4, -0.2) is 67.1 Å². The average Bonchev–Trinajstić information content (AvgIpc) is 2.60. The van der Waals surface area contributed by atoms with Crippen LogP contribution in [0.3, 0.4) is 0 Å². The van der Waals surface area contributed by atoms with Crippen molar-refractivity contribution in [2.75, 3.05) is 33.2 Å². The van der Waals surface area contributed by atoms with Gasteiger partial charge in [-0.1, -0.05) is 0 Å². The topological polar surface area (TPSA) is 73.2 Å². The van der Waals surface area contributed by atoms with Crippen molar-refractivity contribution in [3.8, 4) is 0 Å². The van der Waals surface area contributed by atoms with E-state index >= 15 is 0 Å². The lowest BCUT2D eigenvalue weighted by Crippen LogP contribution is -2.37. The molecule has 0 spiro atoms. The van der Waals surface area contributed by atoms with Crippen LogP contribution in [-0.2, 0) is 9.59 Å². The van der Waals surface area contributed by atoms with Crippen molar-refractivity contribution in [3.05, 3.63) is 11.4 Å². The summed E-state index contributed by atoms with van der Waals surface area (Å²) in [4.78, 5) is 30.2. The van der Waals surface area contributed by atoms with Gasteiger partial charge in [-0.05, 0) is 51.3 Å². The van der Waals surface area contributed by atoms with E-state index in [1.165, 1.54) is 0 Å². The van der Waals surface area contributed by atoms with Crippen LogP contribution in [0.1, 0.15) is 38.5 Å². The number of nitrogens with zero attached hydrogens (tertiary/aromatic N) is 3. The fraction of sp³-hybridized carbons (Fsp3) is 0.722. The third-order valence-electron chi connectivity index (χ3n) is 5.42. The number of carbonyl (C=O) groups excluding carboxylic acids is 1. The number of carbonyl (C=O) groups is 2. The number of aliphatic carboxylic acids is 1. The van der Waals surface area contributed by atoms with Crippen LogP contribution in [0.5, 0.6) is 0 Å². The molecule has 1 fully saturated rings. The molecule has 1 saturated carbocycles. The molecule has 2 aliphatic rings. The zero-order valence-corrected chi connectivity index (χ0v) is 14.6. The smallest absolute Gasteiger partial charge is 0.306 e. The van der Waals surface area contributed by atoms with Crippen LogP contribution in [0, 0.1) is 11.8 Å². The molecule has 0 aromatic heterocycles. The van der Waals surface area contributed by atoms with Crippen molar-refractivity contribution >= 4 is 19.0 Å². The van der Waals surface area contributed by atoms with Gasteiger partial charge in [-0.25, -0.2) is 0 Å². The van der Waals surface area contributed by atoms with Gasteiger partial charge in [0.05, 0.1) is 18.2 Å². The molecule has 0 saturated heterocycles. The summed E-state index contributed by atoms with van der Waals surface area (Å²) in [6, 6.07) is 0. The molecule has 0 atom stereocenters. The minimum Gasteiger partial charge on any atom is -0.481 e. The van der Waals surface area contributed by atoms with Crippen LogP contribution < -0.4 is 0 Å². The number of carboxylic acid groups (broad SMARTS) is 1. The number of likely N-dealkylation sites (N-methyl/N-ethyl adjacent to an activating group) is 1. The van der Waals surface area contributed by atoms with Gasteiger partial charge >= 0.3 is 5.97 Å². The van der Waals surface area contributed by atoms with Crippen molar-refractivity contribution < 1.29 is 14.7 Å². The van der Waals surface area contributed by atoms with Gasteiger partial charge < -0.3 is 14.8 Å². The first-order valence-corrected chi connectivity index (χ1v) is 8.83. The fourth-order valence-electron chi connectivity index (χ4n) is 3.82. The van der Waals surface area contributed by atoms with Gasteiger partial charge in [0.25, 0.3) is 0 Å². The zero-order valence-electron chi connectivity index (χ0n) is 14.6. The van der Waals surface area contributed by atoms with Crippen LogP contribution >= 0.6 is 0 Å². The maximum Gasteiger partial charge on any atom is 0.306 e. The molecular weight excluding hydrogens is 306 g/mol. The Hall–Kier alpha value is -1.69. The van der Waals surface area contributed by atoms with Crippen molar-refractivity contribution in [1.29, 1.82) is 0 Å². The molecule has 134 valence electrons. The van der Waals surface area contributed by atoms with E-state index in [-0.39, 0.29) is 5.92 Å². The Kier molecular flexibility index (Phi) is 6.97. The second-order valence-corrected chi connectivity index (χ2v) is 6.97. The van der Waals surface area contributed by atoms with Crippen molar-refractivity contribution in [2.24, 2.45) is 16.8 Å². The van der Waals surface area contributed by atoms with Gasteiger partial charge in [-0.3, -0.25) is 14.7 Å². The van der Waals surface area contributed by atoms with Gasteiger partial charge in [0.2, 0.25) is 0 Å². The van der Waals surface area contributed by atoms with Gasteiger partial charge in [-0.15, -0.1) is 0 Å². The molecule has 0 unspecified atom stereocenters. The first-order chi connectivity index (χ1) is 11.5. The molecule has 6 nitrogen and oxygen atoms in total. The first-order valence-electron chi connectivity index (χ1n) is 8.83. The number of hydrogen-bond acceptors (Lipinski definition) is 5. The SMILES string of the molecule is C=NC1=C(N(C)CC=O)CCN(CCC2CCC(C(=O)O)CC2)C1. The highest BCUT2D eigenvalue weighted by atomic mass is 16.4. The number of rotatable bonds is 8. The van der Waals surface area contributed by atoms with E-state index in [9.17, 15) is 9.59 Å². The van der Waals surface area contributed by atoms with Gasteiger partial charge in [0.1, 0.15) is 6.29 Å². The lowest BCUT2D eigenvalue weighted by atomic mass is 9.80. The molecule has 1 aliphatic heterocycles. The quantitative estimate of drug-likeness (QED) is 0.543. The zero-order chi connectivity index (χ0) is 17.5. The molecule has 6 heteroatoms. The second kappa shape index (κ2) is 8.97. The molecule has 1 aliphatic carbocycles. The number of aliphatic imine (C=N–C) groups is 1. The molecule has 1 heterocycles. The van der Waals surface area contributed by atoms with Crippen molar-refractivity contribution in [2.45, 2.75) is 38.5 Å². The summed E-state index contributed by atoms with van der Waals surface area (Å²) in [5, 5.41) is 9.07. The largest absolute Gasteiger partial charge is 0.481 e. The number of aldehydes is 1. The van der Waals surface area contributed by atoms with E-state index in [0.717, 1.165) is 75.8 Å². The summed E-state index contributed by atoms with van der Waals surface area (Å²) in [7, 11) is 1.92. The normalized spacial score (nSPS) is 25.4. The lowest BCUT2D eigenvalue weighted by molar-refractivity contribution is -0.143. The number of hydrogen-bond donors (Lipinski definition) is 1. The summed E-state index contributed by atoms with van der Waals surface area (Å²) in [5.41, 5.74) is 2.09. The molecule has 1 N–H and O–H groups in total. The highest BCUT2D eigenvalue weighted by molar-refractivity contribution is 5.69. The fourth-order valence-corrected chi connectivity index (χ4v) is 3.82. The maximum atomic E-state index is 11.0. The Bertz CT molecular complexity index is 496. The Morgan fingerprint density at radius 3 is 2.71 bits per heavy atom. The van der Waals surface area contributed by atoms with E-state index in [1.54, 1.807) is 0 Å². The standard InChI is InChI=1S/C18H29N3O3/c1-19-16-13-21(10-8-17(16)20(2)11-12-22)9-7-14-3-5-15(6-4-14)18(23)24/h12,14-15H,1,3-11,13H2,2H3,(H,23,24). The minimum absolute atomic E-state index is 0.133. The molecule has 0 aromatic carbocycles. The van der Waals surface area contributed by atoms with E-state index < -0.39 is 5.97 Å². The number of carboxylic acids is 1. The Morgan fingerprint density at radius 1 is 1.42 bits per heavy atom. The molecular formula is C18H29N3O3. The van der Waals surface area contributed by atoms with Crippen LogP contribution in [0.25, 0.3) is 0 Å². The van der Waals surface area contributed by atoms with E-state index in [2.05, 4.69) is 16.6 Å². The van der Waals surface area contributed by atoms with Gasteiger partial charge in [0, 0.05) is 32.3 Å². The molecule has 0 radical (unpaired) electrons. The minimum atomic E-state index is -0.636. The van der Waals surface area contributed by atoms with E-state index in [4.69, 9.17) is 5.11 Å². The predicted octanol–water partition coefficient (Wildman–Crippen LogP) is 2.02. The second-order valence-electron chi connectivity index (χ2n) is 6.97. The molecule has 2 rings (SSSR count). The summed E-state index contributed by atoms with van der Waals surface area (Å²) >= 11 is 0. The molecule has 0 aromatic rings.